The quantitative estimate of drug-likeness (QED) is 0.418. The molecule has 2 aromatic carbocycles. The number of esters is 1. The zero-order chi connectivity index (χ0) is 27.2. The Labute approximate surface area is 226 Å². The summed E-state index contributed by atoms with van der Waals surface area (Å²) in [5, 5.41) is 0. The normalized spacial score (nSPS) is 23.9. The van der Waals surface area contributed by atoms with E-state index in [9.17, 15) is 18.0 Å². The first-order chi connectivity index (χ1) is 18.7. The lowest BCUT2D eigenvalue weighted by molar-refractivity contribution is -0.141. The first kappa shape index (κ1) is 26.4. The van der Waals surface area contributed by atoms with Crippen molar-refractivity contribution in [2.24, 2.45) is 0 Å². The molecule has 4 aliphatic rings. The number of methoxy groups -OCH3 is 1. The van der Waals surface area contributed by atoms with Gasteiger partial charge in [0, 0.05) is 43.8 Å². The number of alkyl halides is 3. The number of ether oxygens (including phenoxy) is 4. The first-order valence-electron chi connectivity index (χ1n) is 13.8. The van der Waals surface area contributed by atoms with Crippen LogP contribution in [0, 0.1) is 0 Å². The summed E-state index contributed by atoms with van der Waals surface area (Å²) in [7, 11) is 1.37. The van der Waals surface area contributed by atoms with Crippen molar-refractivity contribution in [3.05, 3.63) is 58.1 Å². The van der Waals surface area contributed by atoms with Crippen molar-refractivity contribution in [2.75, 3.05) is 33.4 Å². The van der Waals surface area contributed by atoms with Gasteiger partial charge in [-0.1, -0.05) is 12.1 Å². The topological polar surface area (TPSA) is 57.2 Å². The SMILES string of the molecule is COC(=O)CC1COc2cc(O[C@@H]3CCc4c3ccc(C(F)(F)F)c4CN3CCC4(CCCO4)CC3)ccc21. The molecule has 0 radical (unpaired) electrons. The Balaban J connectivity index is 1.20. The molecule has 1 unspecified atom stereocenters. The molecule has 2 saturated heterocycles. The van der Waals surface area contributed by atoms with Crippen molar-refractivity contribution >= 4 is 5.97 Å². The van der Waals surface area contributed by atoms with Crippen molar-refractivity contribution in [3.8, 4) is 11.5 Å². The van der Waals surface area contributed by atoms with Crippen LogP contribution in [-0.4, -0.2) is 49.9 Å². The van der Waals surface area contributed by atoms with Gasteiger partial charge in [-0.25, -0.2) is 0 Å². The van der Waals surface area contributed by atoms with Gasteiger partial charge in [0.15, 0.2) is 0 Å². The summed E-state index contributed by atoms with van der Waals surface area (Å²) >= 11 is 0. The molecule has 2 atom stereocenters. The third-order valence-corrected chi connectivity index (χ3v) is 8.89. The number of nitrogens with zero attached hydrogens (tertiary/aromatic N) is 1. The first-order valence-corrected chi connectivity index (χ1v) is 13.8. The Morgan fingerprint density at radius 3 is 2.64 bits per heavy atom. The third kappa shape index (κ3) is 5.23. The lowest BCUT2D eigenvalue weighted by Crippen LogP contribution is -2.43. The van der Waals surface area contributed by atoms with Crippen LogP contribution in [0.4, 0.5) is 13.2 Å². The lowest BCUT2D eigenvalue weighted by Gasteiger charge is -2.39. The standard InChI is InChI=1S/C30H34F3NO5/c1-36-28(35)15-19-18-37-27-16-20(3-4-21(19)27)39-26-8-6-22-23(26)5-7-25(30(31,32)33)24(22)17-34-12-10-29(11-13-34)9-2-14-38-29/h3-5,7,16,19,26H,2,6,8-15,17-18H2,1H3/t19?,26-/m1/s1. The molecule has 39 heavy (non-hydrogen) atoms. The zero-order valence-corrected chi connectivity index (χ0v) is 22.1. The van der Waals surface area contributed by atoms with Crippen LogP contribution < -0.4 is 9.47 Å². The van der Waals surface area contributed by atoms with E-state index in [-0.39, 0.29) is 36.6 Å². The highest BCUT2D eigenvalue weighted by molar-refractivity contribution is 5.71. The number of piperidine rings is 1. The molecule has 6 nitrogen and oxygen atoms in total. The van der Waals surface area contributed by atoms with E-state index in [0.29, 0.717) is 36.5 Å². The van der Waals surface area contributed by atoms with Crippen LogP contribution in [0.15, 0.2) is 30.3 Å². The second-order valence-corrected chi connectivity index (χ2v) is 11.2. The maximum Gasteiger partial charge on any atom is 0.416 e. The van der Waals surface area contributed by atoms with Crippen LogP contribution in [0.25, 0.3) is 0 Å². The van der Waals surface area contributed by atoms with Crippen molar-refractivity contribution in [2.45, 2.75) is 75.3 Å². The van der Waals surface area contributed by atoms with Crippen molar-refractivity contribution < 1.29 is 36.9 Å². The predicted molar refractivity (Wildman–Crippen MR) is 137 cm³/mol. The number of fused-ring (bicyclic) bond motifs is 2. The van der Waals surface area contributed by atoms with Gasteiger partial charge in [0.05, 0.1) is 31.3 Å². The van der Waals surface area contributed by atoms with Gasteiger partial charge in [0.2, 0.25) is 0 Å². The lowest BCUT2D eigenvalue weighted by atomic mass is 9.88. The highest BCUT2D eigenvalue weighted by atomic mass is 19.4. The highest BCUT2D eigenvalue weighted by Crippen LogP contribution is 2.45. The third-order valence-electron chi connectivity index (χ3n) is 8.89. The fourth-order valence-corrected chi connectivity index (χ4v) is 6.75. The van der Waals surface area contributed by atoms with Gasteiger partial charge in [0.1, 0.15) is 17.6 Å². The fourth-order valence-electron chi connectivity index (χ4n) is 6.75. The Morgan fingerprint density at radius 1 is 1.13 bits per heavy atom. The Kier molecular flexibility index (Phi) is 7.00. The summed E-state index contributed by atoms with van der Waals surface area (Å²) in [6.07, 6.45) is 0.521. The largest absolute Gasteiger partial charge is 0.492 e. The van der Waals surface area contributed by atoms with Gasteiger partial charge in [-0.05, 0) is 67.3 Å². The Hall–Kier alpha value is -2.78. The summed E-state index contributed by atoms with van der Waals surface area (Å²) in [6.45, 7) is 2.96. The van der Waals surface area contributed by atoms with E-state index in [1.165, 1.54) is 13.2 Å². The van der Waals surface area contributed by atoms with Crippen LogP contribution in [0.3, 0.4) is 0 Å². The molecule has 1 spiro atoms. The van der Waals surface area contributed by atoms with E-state index in [1.807, 2.05) is 18.2 Å². The Morgan fingerprint density at radius 2 is 1.92 bits per heavy atom. The van der Waals surface area contributed by atoms with E-state index in [0.717, 1.165) is 62.1 Å². The summed E-state index contributed by atoms with van der Waals surface area (Å²) in [5.41, 5.74) is 2.31. The summed E-state index contributed by atoms with van der Waals surface area (Å²) in [6, 6.07) is 8.37. The Bertz CT molecular complexity index is 1230. The van der Waals surface area contributed by atoms with Gasteiger partial charge < -0.3 is 18.9 Å². The molecule has 2 aromatic rings. The molecule has 9 heteroatoms. The molecule has 210 valence electrons. The predicted octanol–water partition coefficient (Wildman–Crippen LogP) is 5.96. The number of likely N-dealkylation sites (tertiary alicyclic amines) is 1. The molecule has 1 aliphatic carbocycles. The van der Waals surface area contributed by atoms with Crippen LogP contribution >= 0.6 is 0 Å². The van der Waals surface area contributed by atoms with Crippen LogP contribution in [0.1, 0.15) is 78.4 Å². The average Bonchev–Trinajstić information content (AvgIpc) is 3.65. The van der Waals surface area contributed by atoms with E-state index < -0.39 is 11.7 Å². The van der Waals surface area contributed by atoms with Crippen molar-refractivity contribution in [3.63, 3.8) is 0 Å². The molecule has 6 rings (SSSR count). The van der Waals surface area contributed by atoms with Gasteiger partial charge in [-0.15, -0.1) is 0 Å². The van der Waals surface area contributed by atoms with E-state index in [4.69, 9.17) is 18.9 Å². The molecule has 0 aromatic heterocycles. The fraction of sp³-hybridized carbons (Fsp3) is 0.567. The van der Waals surface area contributed by atoms with Crippen LogP contribution in [-0.2, 0) is 33.4 Å². The van der Waals surface area contributed by atoms with Gasteiger partial charge in [0.25, 0.3) is 0 Å². The number of benzene rings is 2. The highest BCUT2D eigenvalue weighted by Gasteiger charge is 2.41. The number of rotatable bonds is 6. The minimum atomic E-state index is -4.41. The molecular formula is C30H34F3NO5. The van der Waals surface area contributed by atoms with Crippen LogP contribution in [0.5, 0.6) is 11.5 Å². The molecule has 0 bridgehead atoms. The van der Waals surface area contributed by atoms with Gasteiger partial charge in [-0.3, -0.25) is 9.69 Å². The minimum Gasteiger partial charge on any atom is -0.492 e. The molecular weight excluding hydrogens is 511 g/mol. The number of halogens is 3. The van der Waals surface area contributed by atoms with E-state index in [2.05, 4.69) is 4.90 Å². The molecule has 0 N–H and O–H groups in total. The summed E-state index contributed by atoms with van der Waals surface area (Å²) in [4.78, 5) is 13.9. The summed E-state index contributed by atoms with van der Waals surface area (Å²) < 4.78 is 65.2. The van der Waals surface area contributed by atoms with Gasteiger partial charge >= 0.3 is 12.1 Å². The number of carbonyl (C=O) groups is 1. The smallest absolute Gasteiger partial charge is 0.416 e. The number of hydrogen-bond acceptors (Lipinski definition) is 6. The average molecular weight is 546 g/mol. The summed E-state index contributed by atoms with van der Waals surface area (Å²) in [5.74, 6) is 0.915. The monoisotopic (exact) mass is 545 g/mol. The van der Waals surface area contributed by atoms with Gasteiger partial charge in [-0.2, -0.15) is 13.2 Å². The van der Waals surface area contributed by atoms with E-state index in [1.54, 1.807) is 6.07 Å². The second-order valence-electron chi connectivity index (χ2n) is 11.2. The minimum absolute atomic E-state index is 0.0676. The maximum absolute atomic E-state index is 14.1. The molecule has 0 amide bonds. The van der Waals surface area contributed by atoms with Crippen molar-refractivity contribution in [1.82, 2.24) is 4.90 Å². The molecule has 3 heterocycles. The van der Waals surface area contributed by atoms with E-state index >= 15 is 0 Å². The number of hydrogen-bond donors (Lipinski definition) is 0. The maximum atomic E-state index is 14.1. The molecule has 0 saturated carbocycles. The van der Waals surface area contributed by atoms with Crippen molar-refractivity contribution in [1.29, 1.82) is 0 Å². The second kappa shape index (κ2) is 10.3. The molecule has 3 aliphatic heterocycles. The molecule has 2 fully saturated rings. The number of carbonyl (C=O) groups excluding carboxylic acids is 1. The van der Waals surface area contributed by atoms with Crippen LogP contribution in [0.2, 0.25) is 0 Å². The zero-order valence-electron chi connectivity index (χ0n) is 22.1.